The van der Waals surface area contributed by atoms with Gasteiger partial charge in [0.2, 0.25) is 0 Å². The fourth-order valence-electron chi connectivity index (χ4n) is 2.59. The molecule has 2 aromatic rings. The van der Waals surface area contributed by atoms with Crippen molar-refractivity contribution in [1.82, 2.24) is 0 Å². The van der Waals surface area contributed by atoms with E-state index >= 15 is 0 Å². The van der Waals surface area contributed by atoms with Crippen LogP contribution in [-0.4, -0.2) is 24.8 Å². The Morgan fingerprint density at radius 2 is 2.05 bits per heavy atom. The molecule has 0 radical (unpaired) electrons. The topological polar surface area (TPSA) is 64.7 Å². The molecule has 1 heterocycles. The number of Topliss-reactive ketones (excluding diaryl/α,β-unsaturated/α-hetero) is 1. The van der Waals surface area contributed by atoms with Gasteiger partial charge in [-0.05, 0) is 18.2 Å². The summed E-state index contributed by atoms with van der Waals surface area (Å²) in [6, 6.07) is 11.5. The van der Waals surface area contributed by atoms with E-state index in [2.05, 4.69) is 4.99 Å². The van der Waals surface area contributed by atoms with Crippen molar-refractivity contribution in [3.8, 4) is 5.75 Å². The number of carbonyl (C=O) groups is 1. The van der Waals surface area contributed by atoms with E-state index in [1.807, 2.05) is 12.1 Å². The first kappa shape index (κ1) is 14.4. The molecule has 1 unspecified atom stereocenters. The van der Waals surface area contributed by atoms with Gasteiger partial charge in [0.1, 0.15) is 11.6 Å². The lowest BCUT2D eigenvalue weighted by atomic mass is 9.95. The molecule has 0 aromatic heterocycles. The standard InChI is InChI=1S/C17H15FN2O2/c1-22-15-7-3-6-12-13(15)9-14(21)17(19)20-16(12)10-4-2-5-11(18)8-10/h2-8,17H,9,19H2,1H3. The minimum Gasteiger partial charge on any atom is -0.496 e. The molecule has 1 aliphatic rings. The summed E-state index contributed by atoms with van der Waals surface area (Å²) in [5.74, 6) is 0.0370. The van der Waals surface area contributed by atoms with E-state index in [-0.39, 0.29) is 18.0 Å². The summed E-state index contributed by atoms with van der Waals surface area (Å²) in [6.45, 7) is 0. The van der Waals surface area contributed by atoms with E-state index < -0.39 is 6.17 Å². The zero-order valence-corrected chi connectivity index (χ0v) is 12.0. The quantitative estimate of drug-likeness (QED) is 0.923. The first-order valence-corrected chi connectivity index (χ1v) is 6.88. The summed E-state index contributed by atoms with van der Waals surface area (Å²) in [4.78, 5) is 16.4. The van der Waals surface area contributed by atoms with Crippen LogP contribution in [0.25, 0.3) is 0 Å². The van der Waals surface area contributed by atoms with Gasteiger partial charge < -0.3 is 10.5 Å². The number of aliphatic imine (C=N–C) groups is 1. The minimum absolute atomic E-state index is 0.142. The summed E-state index contributed by atoms with van der Waals surface area (Å²) >= 11 is 0. The van der Waals surface area contributed by atoms with Crippen molar-refractivity contribution in [1.29, 1.82) is 0 Å². The van der Waals surface area contributed by atoms with Crippen LogP contribution in [-0.2, 0) is 11.2 Å². The van der Waals surface area contributed by atoms with Crippen molar-refractivity contribution >= 4 is 11.5 Å². The number of halogens is 1. The lowest BCUT2D eigenvalue weighted by Gasteiger charge is -2.13. The van der Waals surface area contributed by atoms with Gasteiger partial charge in [0.15, 0.2) is 11.9 Å². The number of hydrogen-bond acceptors (Lipinski definition) is 4. The van der Waals surface area contributed by atoms with Crippen LogP contribution in [0.3, 0.4) is 0 Å². The van der Waals surface area contributed by atoms with Crippen LogP contribution in [0.1, 0.15) is 16.7 Å². The fraction of sp³-hybridized carbons (Fsp3) is 0.176. The van der Waals surface area contributed by atoms with Gasteiger partial charge in [0, 0.05) is 23.1 Å². The van der Waals surface area contributed by atoms with Gasteiger partial charge in [-0.15, -0.1) is 0 Å². The maximum atomic E-state index is 13.5. The zero-order chi connectivity index (χ0) is 15.7. The average molecular weight is 298 g/mol. The van der Waals surface area contributed by atoms with Crippen LogP contribution < -0.4 is 10.5 Å². The summed E-state index contributed by atoms with van der Waals surface area (Å²) in [6.07, 6.45) is -0.821. The second-order valence-electron chi connectivity index (χ2n) is 5.06. The predicted molar refractivity (Wildman–Crippen MR) is 81.7 cm³/mol. The molecule has 0 saturated carbocycles. The van der Waals surface area contributed by atoms with E-state index in [4.69, 9.17) is 10.5 Å². The molecule has 3 rings (SSSR count). The smallest absolute Gasteiger partial charge is 0.176 e. The van der Waals surface area contributed by atoms with E-state index in [0.717, 1.165) is 11.1 Å². The van der Waals surface area contributed by atoms with Crippen LogP contribution in [0.15, 0.2) is 47.5 Å². The molecule has 2 aromatic carbocycles. The van der Waals surface area contributed by atoms with Crippen molar-refractivity contribution < 1.29 is 13.9 Å². The molecule has 112 valence electrons. The largest absolute Gasteiger partial charge is 0.496 e. The molecular formula is C17H15FN2O2. The van der Waals surface area contributed by atoms with Crippen molar-refractivity contribution in [3.63, 3.8) is 0 Å². The Morgan fingerprint density at radius 1 is 1.27 bits per heavy atom. The van der Waals surface area contributed by atoms with Crippen LogP contribution in [0.2, 0.25) is 0 Å². The molecular weight excluding hydrogens is 283 g/mol. The minimum atomic E-state index is -0.963. The molecule has 0 saturated heterocycles. The van der Waals surface area contributed by atoms with Crippen molar-refractivity contribution in [2.45, 2.75) is 12.6 Å². The Hall–Kier alpha value is -2.53. The second kappa shape index (κ2) is 5.69. The number of rotatable bonds is 2. The van der Waals surface area contributed by atoms with Crippen LogP contribution in [0.5, 0.6) is 5.75 Å². The number of benzene rings is 2. The van der Waals surface area contributed by atoms with E-state index in [0.29, 0.717) is 17.0 Å². The van der Waals surface area contributed by atoms with Gasteiger partial charge in [-0.3, -0.25) is 9.79 Å². The third kappa shape index (κ3) is 2.51. The monoisotopic (exact) mass is 298 g/mol. The number of ketones is 1. The zero-order valence-electron chi connectivity index (χ0n) is 12.0. The Morgan fingerprint density at radius 3 is 2.77 bits per heavy atom. The highest BCUT2D eigenvalue weighted by Crippen LogP contribution is 2.28. The molecule has 1 aliphatic heterocycles. The van der Waals surface area contributed by atoms with Crippen molar-refractivity contribution in [3.05, 3.63) is 65.0 Å². The Bertz CT molecular complexity index is 771. The number of nitrogens with zero attached hydrogens (tertiary/aromatic N) is 1. The molecule has 0 aliphatic carbocycles. The molecule has 2 N–H and O–H groups in total. The van der Waals surface area contributed by atoms with E-state index in [1.165, 1.54) is 12.1 Å². The van der Waals surface area contributed by atoms with Gasteiger partial charge in [0.25, 0.3) is 0 Å². The molecule has 5 heteroatoms. The number of carbonyl (C=O) groups excluding carboxylic acids is 1. The molecule has 0 fully saturated rings. The lowest BCUT2D eigenvalue weighted by molar-refractivity contribution is -0.119. The highest BCUT2D eigenvalue weighted by Gasteiger charge is 2.25. The number of ether oxygens (including phenoxy) is 1. The number of nitrogens with two attached hydrogens (primary N) is 1. The van der Waals surface area contributed by atoms with Gasteiger partial charge >= 0.3 is 0 Å². The van der Waals surface area contributed by atoms with Crippen molar-refractivity contribution in [2.75, 3.05) is 7.11 Å². The fourth-order valence-corrected chi connectivity index (χ4v) is 2.59. The number of fused-ring (bicyclic) bond motifs is 1. The average Bonchev–Trinajstić information content (AvgIpc) is 2.64. The highest BCUT2D eigenvalue weighted by atomic mass is 19.1. The first-order valence-electron chi connectivity index (χ1n) is 6.88. The normalized spacial score (nSPS) is 17.5. The van der Waals surface area contributed by atoms with E-state index in [9.17, 15) is 9.18 Å². The second-order valence-corrected chi connectivity index (χ2v) is 5.06. The lowest BCUT2D eigenvalue weighted by Crippen LogP contribution is -2.29. The molecule has 1 atom stereocenters. The van der Waals surface area contributed by atoms with E-state index in [1.54, 1.807) is 25.3 Å². The number of hydrogen-bond donors (Lipinski definition) is 1. The van der Waals surface area contributed by atoms with Crippen LogP contribution in [0, 0.1) is 5.82 Å². The van der Waals surface area contributed by atoms with Gasteiger partial charge in [-0.25, -0.2) is 4.39 Å². The van der Waals surface area contributed by atoms with Gasteiger partial charge in [0.05, 0.1) is 12.8 Å². The Balaban J connectivity index is 2.25. The summed E-state index contributed by atoms with van der Waals surface area (Å²) in [5, 5.41) is 0. The SMILES string of the molecule is COc1cccc2c1CC(=O)C(N)N=C2c1cccc(F)c1. The summed E-state index contributed by atoms with van der Waals surface area (Å²) in [7, 11) is 1.55. The Labute approximate surface area is 127 Å². The molecule has 0 spiro atoms. The maximum Gasteiger partial charge on any atom is 0.176 e. The molecule has 4 nitrogen and oxygen atoms in total. The van der Waals surface area contributed by atoms with Crippen molar-refractivity contribution in [2.24, 2.45) is 10.7 Å². The molecule has 0 amide bonds. The maximum absolute atomic E-state index is 13.5. The third-order valence-electron chi connectivity index (χ3n) is 3.66. The summed E-state index contributed by atoms with van der Waals surface area (Å²) < 4.78 is 18.9. The predicted octanol–water partition coefficient (Wildman–Crippen LogP) is 2.08. The summed E-state index contributed by atoms with van der Waals surface area (Å²) in [5.41, 5.74) is 8.40. The van der Waals surface area contributed by atoms with Gasteiger partial charge in [-0.2, -0.15) is 0 Å². The first-order chi connectivity index (χ1) is 10.6. The number of methoxy groups -OCH3 is 1. The highest BCUT2D eigenvalue weighted by molar-refractivity contribution is 6.16. The van der Waals surface area contributed by atoms with Crippen LogP contribution >= 0.6 is 0 Å². The Kier molecular flexibility index (Phi) is 3.73. The van der Waals surface area contributed by atoms with Gasteiger partial charge in [-0.1, -0.05) is 24.3 Å². The molecule has 22 heavy (non-hydrogen) atoms. The van der Waals surface area contributed by atoms with Crippen LogP contribution in [0.4, 0.5) is 4.39 Å². The molecule has 0 bridgehead atoms. The third-order valence-corrected chi connectivity index (χ3v) is 3.66.